The molecule has 0 amide bonds. The van der Waals surface area contributed by atoms with Crippen LogP contribution in [0.15, 0.2) is 53.8 Å². The number of fused-ring (bicyclic) bond motifs is 1. The van der Waals surface area contributed by atoms with Gasteiger partial charge in [-0.3, -0.25) is 10.4 Å². The van der Waals surface area contributed by atoms with Crippen molar-refractivity contribution in [3.63, 3.8) is 0 Å². The number of halogens is 1. The SMILES string of the molecule is C/C(=N\Nc1ccnc2cc(Cl)ccc12)c1cc(C)ccc1O. The summed E-state index contributed by atoms with van der Waals surface area (Å²) in [6.45, 7) is 3.82. The number of hydrazone groups is 1. The molecule has 0 aliphatic rings. The van der Waals surface area contributed by atoms with E-state index in [4.69, 9.17) is 11.6 Å². The van der Waals surface area contributed by atoms with E-state index in [1.165, 1.54) is 0 Å². The Balaban J connectivity index is 1.95. The van der Waals surface area contributed by atoms with Crippen LogP contribution in [0.5, 0.6) is 5.75 Å². The first-order chi connectivity index (χ1) is 11.0. The van der Waals surface area contributed by atoms with Crippen LogP contribution in [0.25, 0.3) is 10.9 Å². The van der Waals surface area contributed by atoms with E-state index in [0.717, 1.165) is 22.2 Å². The lowest BCUT2D eigenvalue weighted by Crippen LogP contribution is -2.01. The number of hydrogen-bond acceptors (Lipinski definition) is 4. The molecule has 0 saturated carbocycles. The lowest BCUT2D eigenvalue weighted by atomic mass is 10.1. The molecule has 0 radical (unpaired) electrons. The van der Waals surface area contributed by atoms with Crippen molar-refractivity contribution < 1.29 is 5.11 Å². The summed E-state index contributed by atoms with van der Waals surface area (Å²) in [7, 11) is 0. The molecule has 4 nitrogen and oxygen atoms in total. The number of pyridine rings is 1. The number of nitrogens with one attached hydrogen (secondary N) is 1. The van der Waals surface area contributed by atoms with Crippen LogP contribution in [0.4, 0.5) is 5.69 Å². The molecule has 0 fully saturated rings. The quantitative estimate of drug-likeness (QED) is 0.540. The van der Waals surface area contributed by atoms with E-state index in [1.807, 2.05) is 50.2 Å². The number of phenols is 1. The summed E-state index contributed by atoms with van der Waals surface area (Å²) < 4.78 is 0. The van der Waals surface area contributed by atoms with Crippen LogP contribution in [0.2, 0.25) is 5.02 Å². The zero-order chi connectivity index (χ0) is 16.4. The Kier molecular flexibility index (Phi) is 4.17. The van der Waals surface area contributed by atoms with E-state index in [0.29, 0.717) is 16.3 Å². The maximum Gasteiger partial charge on any atom is 0.124 e. The molecular weight excluding hydrogens is 310 g/mol. The maximum atomic E-state index is 9.97. The molecule has 0 unspecified atom stereocenters. The second kappa shape index (κ2) is 6.26. The maximum absolute atomic E-state index is 9.97. The summed E-state index contributed by atoms with van der Waals surface area (Å²) in [6, 6.07) is 12.8. The molecule has 3 rings (SSSR count). The van der Waals surface area contributed by atoms with Crippen molar-refractivity contribution in [3.8, 4) is 5.75 Å². The van der Waals surface area contributed by atoms with Crippen molar-refractivity contribution in [2.45, 2.75) is 13.8 Å². The van der Waals surface area contributed by atoms with Crippen LogP contribution in [0.1, 0.15) is 18.1 Å². The Morgan fingerprint density at radius 2 is 2.00 bits per heavy atom. The van der Waals surface area contributed by atoms with Crippen molar-refractivity contribution in [2.24, 2.45) is 5.10 Å². The number of nitrogens with zero attached hydrogens (tertiary/aromatic N) is 2. The summed E-state index contributed by atoms with van der Waals surface area (Å²) >= 11 is 6.00. The van der Waals surface area contributed by atoms with Crippen LogP contribution in [-0.2, 0) is 0 Å². The van der Waals surface area contributed by atoms with Gasteiger partial charge >= 0.3 is 0 Å². The van der Waals surface area contributed by atoms with Gasteiger partial charge in [-0.2, -0.15) is 5.10 Å². The van der Waals surface area contributed by atoms with Crippen LogP contribution in [-0.4, -0.2) is 15.8 Å². The predicted molar refractivity (Wildman–Crippen MR) is 95.4 cm³/mol. The third-order valence-corrected chi connectivity index (χ3v) is 3.83. The summed E-state index contributed by atoms with van der Waals surface area (Å²) in [4.78, 5) is 4.30. The van der Waals surface area contributed by atoms with E-state index in [2.05, 4.69) is 15.5 Å². The molecule has 23 heavy (non-hydrogen) atoms. The van der Waals surface area contributed by atoms with Gasteiger partial charge in [0.1, 0.15) is 5.75 Å². The van der Waals surface area contributed by atoms with Crippen molar-refractivity contribution in [1.82, 2.24) is 4.98 Å². The second-order valence-electron chi connectivity index (χ2n) is 5.35. The summed E-state index contributed by atoms with van der Waals surface area (Å²) in [6.07, 6.45) is 1.70. The highest BCUT2D eigenvalue weighted by atomic mass is 35.5. The molecule has 2 N–H and O–H groups in total. The van der Waals surface area contributed by atoms with Crippen LogP contribution in [0.3, 0.4) is 0 Å². The Bertz CT molecular complexity index is 906. The van der Waals surface area contributed by atoms with Crippen LogP contribution < -0.4 is 5.43 Å². The van der Waals surface area contributed by atoms with Gasteiger partial charge in [-0.1, -0.05) is 23.2 Å². The van der Waals surface area contributed by atoms with Crippen molar-refractivity contribution >= 4 is 33.9 Å². The monoisotopic (exact) mass is 325 g/mol. The Labute approximate surface area is 139 Å². The van der Waals surface area contributed by atoms with Gasteiger partial charge in [0.2, 0.25) is 0 Å². The largest absolute Gasteiger partial charge is 0.507 e. The van der Waals surface area contributed by atoms with Gasteiger partial charge in [-0.25, -0.2) is 0 Å². The van der Waals surface area contributed by atoms with Gasteiger partial charge in [-0.05, 0) is 50.2 Å². The number of aryl methyl sites for hydroxylation is 1. The first kappa shape index (κ1) is 15.3. The number of rotatable bonds is 3. The molecule has 0 aliphatic heterocycles. The fourth-order valence-corrected chi connectivity index (χ4v) is 2.53. The molecule has 0 bridgehead atoms. The number of benzene rings is 2. The summed E-state index contributed by atoms with van der Waals surface area (Å²) in [5.41, 5.74) is 7.15. The average Bonchev–Trinajstić information content (AvgIpc) is 2.54. The molecule has 3 aromatic rings. The van der Waals surface area contributed by atoms with Gasteiger partial charge in [0.15, 0.2) is 0 Å². The Morgan fingerprint density at radius 1 is 1.17 bits per heavy atom. The highest BCUT2D eigenvalue weighted by Gasteiger charge is 2.06. The van der Waals surface area contributed by atoms with Crippen molar-refractivity contribution in [1.29, 1.82) is 0 Å². The molecule has 116 valence electrons. The number of anilines is 1. The molecule has 5 heteroatoms. The number of hydrogen-bond donors (Lipinski definition) is 2. The topological polar surface area (TPSA) is 57.5 Å². The van der Waals surface area contributed by atoms with E-state index >= 15 is 0 Å². The molecule has 0 aliphatic carbocycles. The average molecular weight is 326 g/mol. The van der Waals surface area contributed by atoms with Gasteiger partial charge in [0.05, 0.1) is 16.9 Å². The summed E-state index contributed by atoms with van der Waals surface area (Å²) in [5.74, 6) is 0.213. The minimum atomic E-state index is 0.213. The van der Waals surface area contributed by atoms with Crippen molar-refractivity contribution in [2.75, 3.05) is 5.43 Å². The summed E-state index contributed by atoms with van der Waals surface area (Å²) in [5, 5.41) is 15.9. The standard InChI is InChI=1S/C18H16ClN3O/c1-11-3-6-18(23)15(9-11)12(2)21-22-16-7-8-20-17-10-13(19)4-5-14(16)17/h3-10,23H,1-2H3,(H,20,22)/b21-12+. The third-order valence-electron chi connectivity index (χ3n) is 3.59. The van der Waals surface area contributed by atoms with E-state index in [-0.39, 0.29) is 5.75 Å². The van der Waals surface area contributed by atoms with Gasteiger partial charge < -0.3 is 5.11 Å². The Hall–Kier alpha value is -2.59. The zero-order valence-corrected chi connectivity index (χ0v) is 13.6. The molecule has 0 saturated heterocycles. The smallest absolute Gasteiger partial charge is 0.124 e. The van der Waals surface area contributed by atoms with E-state index < -0.39 is 0 Å². The van der Waals surface area contributed by atoms with E-state index in [1.54, 1.807) is 12.3 Å². The zero-order valence-electron chi connectivity index (χ0n) is 12.8. The lowest BCUT2D eigenvalue weighted by Gasteiger charge is -2.08. The van der Waals surface area contributed by atoms with Gasteiger partial charge in [0.25, 0.3) is 0 Å². The van der Waals surface area contributed by atoms with Crippen LogP contribution >= 0.6 is 11.6 Å². The van der Waals surface area contributed by atoms with Gasteiger partial charge in [-0.15, -0.1) is 0 Å². The second-order valence-corrected chi connectivity index (χ2v) is 5.79. The highest BCUT2D eigenvalue weighted by molar-refractivity contribution is 6.31. The molecule has 1 aromatic heterocycles. The normalized spacial score (nSPS) is 11.7. The Morgan fingerprint density at radius 3 is 2.83 bits per heavy atom. The van der Waals surface area contributed by atoms with Crippen molar-refractivity contribution in [3.05, 3.63) is 64.8 Å². The third kappa shape index (κ3) is 3.27. The number of phenolic OH excluding ortho intramolecular Hbond substituents is 1. The number of aromatic hydroxyl groups is 1. The first-order valence-electron chi connectivity index (χ1n) is 7.19. The molecule has 0 atom stereocenters. The molecule has 1 heterocycles. The fourth-order valence-electron chi connectivity index (χ4n) is 2.36. The first-order valence-corrected chi connectivity index (χ1v) is 7.57. The molecular formula is C18H16ClN3O. The molecule has 2 aromatic carbocycles. The van der Waals surface area contributed by atoms with Gasteiger partial charge in [0, 0.05) is 22.2 Å². The lowest BCUT2D eigenvalue weighted by molar-refractivity contribution is 0.474. The fraction of sp³-hybridized carbons (Fsp3) is 0.111. The van der Waals surface area contributed by atoms with E-state index in [9.17, 15) is 5.11 Å². The highest BCUT2D eigenvalue weighted by Crippen LogP contribution is 2.25. The predicted octanol–water partition coefficient (Wildman–Crippen LogP) is 4.74. The molecule has 0 spiro atoms. The minimum absolute atomic E-state index is 0.213. The minimum Gasteiger partial charge on any atom is -0.507 e. The van der Waals surface area contributed by atoms with Crippen LogP contribution in [0, 0.1) is 6.92 Å². The number of aromatic nitrogens is 1.